The highest BCUT2D eigenvalue weighted by Gasteiger charge is 2.25. The fourth-order valence-electron chi connectivity index (χ4n) is 2.41. The highest BCUT2D eigenvalue weighted by atomic mass is 16.4. The third-order valence-electron chi connectivity index (χ3n) is 3.97. The number of nitrogens with zero attached hydrogens (tertiary/aromatic N) is 2. The third-order valence-corrected chi connectivity index (χ3v) is 3.97. The van der Waals surface area contributed by atoms with Gasteiger partial charge in [0.05, 0.1) is 0 Å². The Kier molecular flexibility index (Phi) is 4.10. The summed E-state index contributed by atoms with van der Waals surface area (Å²) in [5, 5.41) is 11.6. The van der Waals surface area contributed by atoms with E-state index >= 15 is 0 Å². The van der Waals surface area contributed by atoms with E-state index in [1.807, 2.05) is 24.3 Å². The van der Waals surface area contributed by atoms with Crippen molar-refractivity contribution in [2.45, 2.75) is 33.2 Å². The smallest absolute Gasteiger partial charge is 0.170 e. The lowest BCUT2D eigenvalue weighted by Gasteiger charge is -2.36. The van der Waals surface area contributed by atoms with E-state index in [9.17, 15) is 0 Å². The first-order valence-electron chi connectivity index (χ1n) is 6.79. The van der Waals surface area contributed by atoms with Gasteiger partial charge in [-0.05, 0) is 36.9 Å². The van der Waals surface area contributed by atoms with Crippen molar-refractivity contribution in [3.8, 4) is 0 Å². The average Bonchev–Trinajstić information content (AvgIpc) is 2.41. The molecule has 0 unspecified atom stereocenters. The van der Waals surface area contributed by atoms with Crippen molar-refractivity contribution in [3.63, 3.8) is 0 Å². The molecule has 1 aliphatic rings. The molecule has 4 nitrogen and oxygen atoms in total. The van der Waals surface area contributed by atoms with Gasteiger partial charge in [-0.25, -0.2) is 0 Å². The minimum Gasteiger partial charge on any atom is -0.409 e. The van der Waals surface area contributed by atoms with Gasteiger partial charge in [-0.1, -0.05) is 43.3 Å². The molecule has 1 fully saturated rings. The predicted molar refractivity (Wildman–Crippen MR) is 77.2 cm³/mol. The molecule has 0 bridgehead atoms. The van der Waals surface area contributed by atoms with Gasteiger partial charge >= 0.3 is 0 Å². The van der Waals surface area contributed by atoms with Crippen molar-refractivity contribution < 1.29 is 5.21 Å². The summed E-state index contributed by atoms with van der Waals surface area (Å²) in [6, 6.07) is 7.90. The van der Waals surface area contributed by atoms with Gasteiger partial charge in [-0.2, -0.15) is 0 Å². The lowest BCUT2D eigenvalue weighted by Crippen LogP contribution is -2.36. The molecule has 19 heavy (non-hydrogen) atoms. The van der Waals surface area contributed by atoms with Gasteiger partial charge in [0, 0.05) is 12.1 Å². The van der Waals surface area contributed by atoms with Crippen molar-refractivity contribution >= 4 is 5.84 Å². The lowest BCUT2D eigenvalue weighted by atomic mass is 9.82. The van der Waals surface area contributed by atoms with E-state index in [2.05, 4.69) is 23.9 Å². The molecule has 0 spiro atoms. The zero-order valence-electron chi connectivity index (χ0n) is 11.8. The lowest BCUT2D eigenvalue weighted by molar-refractivity contribution is 0.127. The third kappa shape index (κ3) is 3.70. The fourth-order valence-corrected chi connectivity index (χ4v) is 2.41. The zero-order chi connectivity index (χ0) is 13.9. The van der Waals surface area contributed by atoms with E-state index in [1.165, 1.54) is 18.4 Å². The average molecular weight is 261 g/mol. The summed E-state index contributed by atoms with van der Waals surface area (Å²) >= 11 is 0. The van der Waals surface area contributed by atoms with Crippen LogP contribution >= 0.6 is 0 Å². The van der Waals surface area contributed by atoms with E-state index in [4.69, 9.17) is 10.9 Å². The number of amidine groups is 1. The molecule has 3 N–H and O–H groups in total. The topological polar surface area (TPSA) is 61.8 Å². The molecular weight excluding hydrogens is 238 g/mol. The first kappa shape index (κ1) is 13.9. The Labute approximate surface area is 114 Å². The molecule has 0 atom stereocenters. The SMILES string of the molecule is CC1(C)CCN(Cc2ccc(C(N)=NO)cc2)CC1. The summed E-state index contributed by atoms with van der Waals surface area (Å²) in [5.74, 6) is 0.159. The Bertz CT molecular complexity index is 441. The summed E-state index contributed by atoms with van der Waals surface area (Å²) in [6.07, 6.45) is 2.52. The van der Waals surface area contributed by atoms with Crippen LogP contribution in [0.5, 0.6) is 0 Å². The summed E-state index contributed by atoms with van der Waals surface area (Å²) in [7, 11) is 0. The van der Waals surface area contributed by atoms with Gasteiger partial charge in [-0.15, -0.1) is 0 Å². The van der Waals surface area contributed by atoms with Crippen LogP contribution in [0.15, 0.2) is 29.4 Å². The van der Waals surface area contributed by atoms with E-state index in [1.54, 1.807) is 0 Å². The van der Waals surface area contributed by atoms with Crippen molar-refractivity contribution in [2.24, 2.45) is 16.3 Å². The summed E-state index contributed by atoms with van der Waals surface area (Å²) in [6.45, 7) is 7.99. The highest BCUT2D eigenvalue weighted by molar-refractivity contribution is 5.96. The number of hydrogen-bond acceptors (Lipinski definition) is 3. The number of piperidine rings is 1. The molecule has 1 heterocycles. The highest BCUT2D eigenvalue weighted by Crippen LogP contribution is 2.30. The molecule has 1 saturated heterocycles. The van der Waals surface area contributed by atoms with Crippen molar-refractivity contribution in [3.05, 3.63) is 35.4 Å². The molecule has 0 radical (unpaired) electrons. The first-order valence-corrected chi connectivity index (χ1v) is 6.79. The largest absolute Gasteiger partial charge is 0.409 e. The molecule has 0 aromatic heterocycles. The van der Waals surface area contributed by atoms with E-state index in [-0.39, 0.29) is 5.84 Å². The van der Waals surface area contributed by atoms with Gasteiger partial charge in [0.15, 0.2) is 5.84 Å². The van der Waals surface area contributed by atoms with Crippen LogP contribution in [0.4, 0.5) is 0 Å². The normalized spacial score (nSPS) is 20.4. The Hall–Kier alpha value is -1.55. The number of hydrogen-bond donors (Lipinski definition) is 2. The second kappa shape index (κ2) is 5.61. The van der Waals surface area contributed by atoms with Gasteiger partial charge in [0.2, 0.25) is 0 Å². The van der Waals surface area contributed by atoms with Crippen LogP contribution in [0.1, 0.15) is 37.8 Å². The minimum absolute atomic E-state index is 0.159. The molecule has 0 saturated carbocycles. The second-order valence-corrected chi connectivity index (χ2v) is 6.12. The molecule has 1 aromatic rings. The number of likely N-dealkylation sites (tertiary alicyclic amines) is 1. The quantitative estimate of drug-likeness (QED) is 0.380. The maximum absolute atomic E-state index is 8.62. The first-order chi connectivity index (χ1) is 9.00. The van der Waals surface area contributed by atoms with Gasteiger partial charge in [0.25, 0.3) is 0 Å². The molecule has 104 valence electrons. The molecule has 0 aliphatic carbocycles. The monoisotopic (exact) mass is 261 g/mol. The predicted octanol–water partition coefficient (Wildman–Crippen LogP) is 2.40. The van der Waals surface area contributed by atoms with Crippen molar-refractivity contribution in [2.75, 3.05) is 13.1 Å². The van der Waals surface area contributed by atoms with Gasteiger partial charge in [0.1, 0.15) is 0 Å². The second-order valence-electron chi connectivity index (χ2n) is 6.12. The molecule has 2 rings (SSSR count). The summed E-state index contributed by atoms with van der Waals surface area (Å²) in [5.41, 5.74) is 8.07. The van der Waals surface area contributed by atoms with Gasteiger partial charge in [-0.3, -0.25) is 4.90 Å². The van der Waals surface area contributed by atoms with Gasteiger partial charge < -0.3 is 10.9 Å². The summed E-state index contributed by atoms with van der Waals surface area (Å²) < 4.78 is 0. The molecule has 4 heteroatoms. The standard InChI is InChI=1S/C15H23N3O/c1-15(2)7-9-18(10-8-15)11-12-3-5-13(6-4-12)14(16)17-19/h3-6,19H,7-11H2,1-2H3,(H2,16,17). The Morgan fingerprint density at radius 2 is 1.84 bits per heavy atom. The van der Waals surface area contributed by atoms with Crippen LogP contribution < -0.4 is 5.73 Å². The number of nitrogens with two attached hydrogens (primary N) is 1. The summed E-state index contributed by atoms with van der Waals surface area (Å²) in [4.78, 5) is 2.49. The van der Waals surface area contributed by atoms with Crippen LogP contribution in [0.25, 0.3) is 0 Å². The van der Waals surface area contributed by atoms with Crippen molar-refractivity contribution in [1.29, 1.82) is 0 Å². The zero-order valence-corrected chi connectivity index (χ0v) is 11.8. The van der Waals surface area contributed by atoms with Crippen LogP contribution in [-0.4, -0.2) is 29.0 Å². The van der Waals surface area contributed by atoms with Crippen LogP contribution in [-0.2, 0) is 6.54 Å². The Morgan fingerprint density at radius 1 is 1.26 bits per heavy atom. The molecule has 0 amide bonds. The minimum atomic E-state index is 0.159. The van der Waals surface area contributed by atoms with Crippen LogP contribution in [0.3, 0.4) is 0 Å². The molecular formula is C15H23N3O. The van der Waals surface area contributed by atoms with Crippen molar-refractivity contribution in [1.82, 2.24) is 4.90 Å². The fraction of sp³-hybridized carbons (Fsp3) is 0.533. The van der Waals surface area contributed by atoms with E-state index in [0.29, 0.717) is 5.41 Å². The molecule has 1 aromatic carbocycles. The van der Waals surface area contributed by atoms with Crippen LogP contribution in [0.2, 0.25) is 0 Å². The molecule has 1 aliphatic heterocycles. The van der Waals surface area contributed by atoms with Crippen LogP contribution in [0, 0.1) is 5.41 Å². The maximum Gasteiger partial charge on any atom is 0.170 e. The Morgan fingerprint density at radius 3 is 2.37 bits per heavy atom. The number of oxime groups is 1. The van der Waals surface area contributed by atoms with E-state index in [0.717, 1.165) is 25.2 Å². The maximum atomic E-state index is 8.62. The number of rotatable bonds is 3. The number of benzene rings is 1. The Balaban J connectivity index is 1.94. The van der Waals surface area contributed by atoms with E-state index < -0.39 is 0 Å².